The number of aryl methyl sites for hydroxylation is 1. The van der Waals surface area contributed by atoms with E-state index in [9.17, 15) is 4.79 Å². The number of hydrogen-bond donors (Lipinski definition) is 2. The van der Waals surface area contributed by atoms with Crippen molar-refractivity contribution in [1.82, 2.24) is 15.5 Å². The monoisotopic (exact) mass is 476 g/mol. The van der Waals surface area contributed by atoms with Crippen LogP contribution in [0.2, 0.25) is 0 Å². The highest BCUT2D eigenvalue weighted by Gasteiger charge is 2.42. The molecule has 8 heteroatoms. The minimum atomic E-state index is -0.158. The molecule has 0 bridgehead atoms. The van der Waals surface area contributed by atoms with Gasteiger partial charge in [-0.05, 0) is 32.3 Å². The van der Waals surface area contributed by atoms with Crippen molar-refractivity contribution in [3.8, 4) is 0 Å². The number of hydrogen-bond acceptors (Lipinski definition) is 4. The zero-order valence-corrected chi connectivity index (χ0v) is 17.9. The summed E-state index contributed by atoms with van der Waals surface area (Å²) in [5.41, 5.74) is 1.18. The van der Waals surface area contributed by atoms with Gasteiger partial charge in [-0.25, -0.2) is 0 Å². The average Bonchev–Trinajstić information content (AvgIpc) is 3.34. The number of guanidine groups is 1. The SMILES string of the molecule is CN=C(NCCCNC(=O)c1occc1C)N1CCC2(CCOC2)C1.I. The van der Waals surface area contributed by atoms with Crippen LogP contribution in [0.1, 0.15) is 35.4 Å². The van der Waals surface area contributed by atoms with E-state index in [1.165, 1.54) is 12.7 Å². The Bertz CT molecular complexity index is 626. The lowest BCUT2D eigenvalue weighted by Crippen LogP contribution is -2.42. The van der Waals surface area contributed by atoms with Crippen LogP contribution in [0.3, 0.4) is 0 Å². The van der Waals surface area contributed by atoms with Crippen LogP contribution in [0.15, 0.2) is 21.7 Å². The molecule has 1 amide bonds. The predicted octanol–water partition coefficient (Wildman–Crippen LogP) is 2.01. The van der Waals surface area contributed by atoms with Crippen LogP contribution in [0.4, 0.5) is 0 Å². The van der Waals surface area contributed by atoms with E-state index < -0.39 is 0 Å². The van der Waals surface area contributed by atoms with Gasteiger partial charge in [-0.3, -0.25) is 9.79 Å². The summed E-state index contributed by atoms with van der Waals surface area (Å²) in [6.07, 6.45) is 4.69. The molecule has 0 aliphatic carbocycles. The lowest BCUT2D eigenvalue weighted by molar-refractivity contribution is 0.0925. The number of ether oxygens (including phenoxy) is 1. The van der Waals surface area contributed by atoms with Crippen molar-refractivity contribution in [3.05, 3.63) is 23.7 Å². The largest absolute Gasteiger partial charge is 0.459 e. The van der Waals surface area contributed by atoms with E-state index in [0.29, 0.717) is 17.7 Å². The van der Waals surface area contributed by atoms with Gasteiger partial charge in [-0.2, -0.15) is 0 Å². The molecule has 146 valence electrons. The number of halogens is 1. The van der Waals surface area contributed by atoms with Crippen molar-refractivity contribution in [2.75, 3.05) is 46.4 Å². The summed E-state index contributed by atoms with van der Waals surface area (Å²) in [4.78, 5) is 18.7. The molecule has 2 saturated heterocycles. The lowest BCUT2D eigenvalue weighted by Gasteiger charge is -2.24. The second-order valence-electron chi connectivity index (χ2n) is 6.99. The first-order chi connectivity index (χ1) is 12.1. The minimum absolute atomic E-state index is 0. The third kappa shape index (κ3) is 4.91. The molecule has 0 saturated carbocycles. The topological polar surface area (TPSA) is 79.1 Å². The van der Waals surface area contributed by atoms with Crippen LogP contribution in [0.5, 0.6) is 0 Å². The minimum Gasteiger partial charge on any atom is -0.459 e. The van der Waals surface area contributed by atoms with Gasteiger partial charge in [0.25, 0.3) is 5.91 Å². The van der Waals surface area contributed by atoms with Crippen molar-refractivity contribution in [3.63, 3.8) is 0 Å². The first-order valence-electron chi connectivity index (χ1n) is 8.99. The quantitative estimate of drug-likeness (QED) is 0.294. The molecule has 0 radical (unpaired) electrons. The second kappa shape index (κ2) is 9.59. The van der Waals surface area contributed by atoms with E-state index in [1.807, 2.05) is 14.0 Å². The van der Waals surface area contributed by atoms with E-state index >= 15 is 0 Å². The van der Waals surface area contributed by atoms with E-state index in [0.717, 1.165) is 57.2 Å². The molecule has 1 aromatic rings. The summed E-state index contributed by atoms with van der Waals surface area (Å²) >= 11 is 0. The Morgan fingerprint density at radius 2 is 2.15 bits per heavy atom. The first-order valence-corrected chi connectivity index (χ1v) is 8.99. The standard InChI is InChI=1S/C18H28N4O3.HI/c1-14-4-10-25-15(14)16(23)20-7-3-8-21-17(19-2)22-9-5-18(12-22)6-11-24-13-18;/h4,10H,3,5-9,11-13H2,1-2H3,(H,19,21)(H,20,23);1H. The normalized spacial score (nSPS) is 22.5. The summed E-state index contributed by atoms with van der Waals surface area (Å²) in [5.74, 6) is 1.18. The Morgan fingerprint density at radius 1 is 1.35 bits per heavy atom. The van der Waals surface area contributed by atoms with E-state index in [4.69, 9.17) is 9.15 Å². The summed E-state index contributed by atoms with van der Waals surface area (Å²) < 4.78 is 10.8. The van der Waals surface area contributed by atoms with Crippen molar-refractivity contribution in [2.24, 2.45) is 10.4 Å². The molecule has 1 unspecified atom stereocenters. The molecule has 26 heavy (non-hydrogen) atoms. The number of aliphatic imine (C=N–C) groups is 1. The fourth-order valence-electron chi connectivity index (χ4n) is 3.60. The highest BCUT2D eigenvalue weighted by molar-refractivity contribution is 14.0. The van der Waals surface area contributed by atoms with Gasteiger partial charge in [-0.15, -0.1) is 24.0 Å². The second-order valence-corrected chi connectivity index (χ2v) is 6.99. The Morgan fingerprint density at radius 3 is 2.81 bits per heavy atom. The zero-order valence-electron chi connectivity index (χ0n) is 15.5. The van der Waals surface area contributed by atoms with Gasteiger partial charge in [0.2, 0.25) is 0 Å². The Balaban J connectivity index is 0.00000243. The van der Waals surface area contributed by atoms with Crippen LogP contribution in [0, 0.1) is 12.3 Å². The molecule has 2 N–H and O–H groups in total. The molecule has 2 aliphatic heterocycles. The number of nitrogens with one attached hydrogen (secondary N) is 2. The van der Waals surface area contributed by atoms with Gasteiger partial charge in [0, 0.05) is 50.8 Å². The van der Waals surface area contributed by atoms with Crippen LogP contribution in [0.25, 0.3) is 0 Å². The number of likely N-dealkylation sites (tertiary alicyclic amines) is 1. The molecule has 2 aliphatic rings. The predicted molar refractivity (Wildman–Crippen MR) is 111 cm³/mol. The van der Waals surface area contributed by atoms with Crippen LogP contribution >= 0.6 is 24.0 Å². The molecule has 1 atom stereocenters. The summed E-state index contributed by atoms with van der Waals surface area (Å²) in [7, 11) is 1.82. The van der Waals surface area contributed by atoms with Crippen LogP contribution < -0.4 is 10.6 Å². The smallest absolute Gasteiger partial charge is 0.287 e. The maximum absolute atomic E-state index is 12.0. The number of furan rings is 1. The van der Waals surface area contributed by atoms with Gasteiger partial charge in [0.1, 0.15) is 0 Å². The van der Waals surface area contributed by atoms with Crippen molar-refractivity contribution < 1.29 is 13.9 Å². The van der Waals surface area contributed by atoms with Gasteiger partial charge >= 0.3 is 0 Å². The van der Waals surface area contributed by atoms with Crippen molar-refractivity contribution in [2.45, 2.75) is 26.2 Å². The van der Waals surface area contributed by atoms with Crippen molar-refractivity contribution >= 4 is 35.8 Å². The van der Waals surface area contributed by atoms with Gasteiger partial charge in [-0.1, -0.05) is 0 Å². The molecular formula is C18H29IN4O3. The average molecular weight is 476 g/mol. The van der Waals surface area contributed by atoms with E-state index in [2.05, 4.69) is 20.5 Å². The Hall–Kier alpha value is -1.29. The van der Waals surface area contributed by atoms with Gasteiger partial charge in [0.05, 0.1) is 12.9 Å². The molecule has 3 rings (SSSR count). The van der Waals surface area contributed by atoms with Crippen LogP contribution in [-0.4, -0.2) is 63.2 Å². The zero-order chi connectivity index (χ0) is 17.7. The highest BCUT2D eigenvalue weighted by atomic mass is 127. The fourth-order valence-corrected chi connectivity index (χ4v) is 3.60. The number of carbonyl (C=O) groups excluding carboxylic acids is 1. The Labute approximate surface area is 171 Å². The molecule has 2 fully saturated rings. The molecule has 1 spiro atoms. The maximum Gasteiger partial charge on any atom is 0.287 e. The number of amides is 1. The lowest BCUT2D eigenvalue weighted by atomic mass is 9.87. The molecular weight excluding hydrogens is 447 g/mol. The van der Waals surface area contributed by atoms with Crippen molar-refractivity contribution in [1.29, 1.82) is 0 Å². The Kier molecular flexibility index (Phi) is 7.75. The van der Waals surface area contributed by atoms with Crippen LogP contribution in [-0.2, 0) is 4.74 Å². The first kappa shape index (κ1) is 21.0. The molecule has 3 heterocycles. The molecule has 7 nitrogen and oxygen atoms in total. The molecule has 0 aromatic carbocycles. The van der Waals surface area contributed by atoms with E-state index in [-0.39, 0.29) is 29.9 Å². The summed E-state index contributed by atoms with van der Waals surface area (Å²) in [5, 5.41) is 6.28. The van der Waals surface area contributed by atoms with Gasteiger partial charge in [0.15, 0.2) is 11.7 Å². The van der Waals surface area contributed by atoms with E-state index in [1.54, 1.807) is 6.07 Å². The third-order valence-electron chi connectivity index (χ3n) is 5.13. The third-order valence-corrected chi connectivity index (χ3v) is 5.13. The highest BCUT2D eigenvalue weighted by Crippen LogP contribution is 2.38. The maximum atomic E-state index is 12.0. The number of nitrogens with zero attached hydrogens (tertiary/aromatic N) is 2. The molecule has 1 aromatic heterocycles. The number of carbonyl (C=O) groups is 1. The van der Waals surface area contributed by atoms with Gasteiger partial charge < -0.3 is 24.7 Å². The summed E-state index contributed by atoms with van der Waals surface area (Å²) in [6, 6.07) is 1.79. The number of rotatable bonds is 5. The fraction of sp³-hybridized carbons (Fsp3) is 0.667. The summed E-state index contributed by atoms with van der Waals surface area (Å²) in [6.45, 7) is 7.03.